The highest BCUT2D eigenvalue weighted by atomic mass is 35.5. The van der Waals surface area contributed by atoms with Gasteiger partial charge in [0.05, 0.1) is 31.0 Å². The van der Waals surface area contributed by atoms with Gasteiger partial charge in [0.1, 0.15) is 0 Å². The Balaban J connectivity index is 0. The van der Waals surface area contributed by atoms with Gasteiger partial charge < -0.3 is 10.2 Å². The summed E-state index contributed by atoms with van der Waals surface area (Å²) >= 11 is 0. The molecule has 8 heteroatoms. The van der Waals surface area contributed by atoms with E-state index in [2.05, 4.69) is 15.3 Å². The molecule has 0 saturated heterocycles. The summed E-state index contributed by atoms with van der Waals surface area (Å²) in [7, 11) is 1.77. The van der Waals surface area contributed by atoms with E-state index in [0.29, 0.717) is 19.6 Å². The second-order valence-corrected chi connectivity index (χ2v) is 5.32. The number of nitrogens with zero attached hydrogens (tertiary/aromatic N) is 3. The first-order chi connectivity index (χ1) is 10.6. The third kappa shape index (κ3) is 8.50. The highest BCUT2D eigenvalue weighted by Gasteiger charge is 2.15. The van der Waals surface area contributed by atoms with Crippen LogP contribution in [0.3, 0.4) is 0 Å². The van der Waals surface area contributed by atoms with Gasteiger partial charge in [0, 0.05) is 11.4 Å². The van der Waals surface area contributed by atoms with Crippen LogP contribution in [0.2, 0.25) is 0 Å². The number of likely N-dealkylation sites (N-methyl/N-ethyl adjacent to an activating group) is 1. The van der Waals surface area contributed by atoms with Crippen LogP contribution in [0.5, 0.6) is 0 Å². The Morgan fingerprint density at radius 2 is 1.36 bits per heavy atom. The molecule has 0 fully saturated rings. The number of rotatable bonds is 6. The standard InChI is InChI=1S/C17H22N4O.3ClH/c1-13-6-4-8-15(19-13)11-21(17(22)10-18-3)12-16-9-5-7-14(2)20-16;;;/h4-9,18H,10-12H2,1-3H3;3*1H. The third-order valence-electron chi connectivity index (χ3n) is 3.28. The largest absolute Gasteiger partial charge is 0.330 e. The van der Waals surface area contributed by atoms with Gasteiger partial charge in [-0.2, -0.15) is 0 Å². The van der Waals surface area contributed by atoms with Crippen LogP contribution in [0.25, 0.3) is 0 Å². The van der Waals surface area contributed by atoms with E-state index in [9.17, 15) is 4.79 Å². The van der Waals surface area contributed by atoms with Crippen LogP contribution in [0.1, 0.15) is 22.8 Å². The zero-order valence-electron chi connectivity index (χ0n) is 14.6. The maximum absolute atomic E-state index is 12.3. The van der Waals surface area contributed by atoms with Crippen molar-refractivity contribution in [2.75, 3.05) is 13.6 Å². The third-order valence-corrected chi connectivity index (χ3v) is 3.28. The maximum atomic E-state index is 12.3. The number of carbonyl (C=O) groups is 1. The predicted molar refractivity (Wildman–Crippen MR) is 108 cm³/mol. The maximum Gasteiger partial charge on any atom is 0.237 e. The van der Waals surface area contributed by atoms with Gasteiger partial charge in [0.15, 0.2) is 0 Å². The quantitative estimate of drug-likeness (QED) is 0.799. The van der Waals surface area contributed by atoms with E-state index < -0.39 is 0 Å². The molecule has 0 aromatic carbocycles. The monoisotopic (exact) mass is 406 g/mol. The summed E-state index contributed by atoms with van der Waals surface area (Å²) in [5, 5.41) is 2.91. The molecule has 0 unspecified atom stereocenters. The van der Waals surface area contributed by atoms with E-state index in [1.807, 2.05) is 50.2 Å². The molecular weight excluding hydrogens is 383 g/mol. The minimum atomic E-state index is 0. The first-order valence-corrected chi connectivity index (χ1v) is 7.36. The van der Waals surface area contributed by atoms with Crippen molar-refractivity contribution in [3.8, 4) is 0 Å². The van der Waals surface area contributed by atoms with Crippen molar-refractivity contribution in [3.05, 3.63) is 59.2 Å². The average molecular weight is 408 g/mol. The topological polar surface area (TPSA) is 58.1 Å². The molecule has 0 aliphatic carbocycles. The molecule has 5 nitrogen and oxygen atoms in total. The lowest BCUT2D eigenvalue weighted by Gasteiger charge is -2.22. The molecule has 2 aromatic rings. The number of aryl methyl sites for hydroxylation is 2. The van der Waals surface area contributed by atoms with Gasteiger partial charge >= 0.3 is 0 Å². The normalized spacial score (nSPS) is 9.24. The lowest BCUT2D eigenvalue weighted by molar-refractivity contribution is -0.131. The van der Waals surface area contributed by atoms with Crippen LogP contribution in [0, 0.1) is 13.8 Å². The van der Waals surface area contributed by atoms with Gasteiger partial charge in [-0.05, 0) is 45.2 Å². The minimum Gasteiger partial charge on any atom is -0.330 e. The average Bonchev–Trinajstić information content (AvgIpc) is 2.47. The van der Waals surface area contributed by atoms with Crippen molar-refractivity contribution < 1.29 is 4.79 Å². The Morgan fingerprint density at radius 3 is 1.72 bits per heavy atom. The lowest BCUT2D eigenvalue weighted by Crippen LogP contribution is -2.36. The van der Waals surface area contributed by atoms with E-state index >= 15 is 0 Å². The van der Waals surface area contributed by atoms with Crippen molar-refractivity contribution in [1.29, 1.82) is 0 Å². The molecule has 25 heavy (non-hydrogen) atoms. The van der Waals surface area contributed by atoms with Crippen molar-refractivity contribution in [2.45, 2.75) is 26.9 Å². The summed E-state index contributed by atoms with van der Waals surface area (Å²) in [5.41, 5.74) is 3.67. The Morgan fingerprint density at radius 1 is 0.920 bits per heavy atom. The van der Waals surface area contributed by atoms with Gasteiger partial charge in [0.25, 0.3) is 0 Å². The summed E-state index contributed by atoms with van der Waals surface area (Å²) in [5.74, 6) is 0.0362. The van der Waals surface area contributed by atoms with E-state index in [1.54, 1.807) is 11.9 Å². The summed E-state index contributed by atoms with van der Waals surface area (Å²) in [4.78, 5) is 23.1. The molecule has 1 N–H and O–H groups in total. The molecule has 0 bridgehead atoms. The van der Waals surface area contributed by atoms with E-state index in [4.69, 9.17) is 0 Å². The highest BCUT2D eigenvalue weighted by molar-refractivity contribution is 5.86. The van der Waals surface area contributed by atoms with Gasteiger partial charge in [-0.25, -0.2) is 0 Å². The molecule has 1 amide bonds. The second kappa shape index (κ2) is 12.9. The number of aromatic nitrogens is 2. The number of amides is 1. The Hall–Kier alpha value is -1.40. The number of carbonyl (C=O) groups excluding carboxylic acids is 1. The molecule has 2 aromatic heterocycles. The predicted octanol–water partition coefficient (Wildman–Crippen LogP) is 3.11. The van der Waals surface area contributed by atoms with Crippen molar-refractivity contribution in [1.82, 2.24) is 20.2 Å². The summed E-state index contributed by atoms with van der Waals surface area (Å²) in [6, 6.07) is 11.7. The van der Waals surface area contributed by atoms with E-state index in [0.717, 1.165) is 22.8 Å². The van der Waals surface area contributed by atoms with Crippen molar-refractivity contribution >= 4 is 43.1 Å². The second-order valence-electron chi connectivity index (χ2n) is 5.32. The molecule has 140 valence electrons. The van der Waals surface area contributed by atoms with Crippen molar-refractivity contribution in [3.63, 3.8) is 0 Å². The smallest absolute Gasteiger partial charge is 0.237 e. The molecule has 2 heterocycles. The minimum absolute atomic E-state index is 0. The Labute approximate surface area is 167 Å². The Kier molecular flexibility index (Phi) is 13.3. The van der Waals surface area contributed by atoms with E-state index in [1.165, 1.54) is 0 Å². The molecule has 0 radical (unpaired) electrons. The van der Waals surface area contributed by atoms with Crippen LogP contribution >= 0.6 is 37.2 Å². The first kappa shape index (κ1) is 25.8. The van der Waals surface area contributed by atoms with Crippen LogP contribution in [0.15, 0.2) is 36.4 Å². The fraction of sp³-hybridized carbons (Fsp3) is 0.353. The SMILES string of the molecule is CNCC(=O)N(Cc1cccc(C)n1)Cc1cccc(C)n1.Cl.Cl.Cl. The summed E-state index contributed by atoms with van der Waals surface area (Å²) < 4.78 is 0. The van der Waals surface area contributed by atoms with E-state index in [-0.39, 0.29) is 43.1 Å². The first-order valence-electron chi connectivity index (χ1n) is 7.36. The van der Waals surface area contributed by atoms with Gasteiger partial charge in [-0.15, -0.1) is 37.2 Å². The molecular formula is C17H25Cl3N4O. The number of halogens is 3. The van der Waals surface area contributed by atoms with Crippen LogP contribution < -0.4 is 5.32 Å². The number of hydrogen-bond donors (Lipinski definition) is 1. The fourth-order valence-electron chi connectivity index (χ4n) is 2.26. The van der Waals surface area contributed by atoms with Gasteiger partial charge in [-0.1, -0.05) is 12.1 Å². The molecule has 0 saturated carbocycles. The molecule has 2 rings (SSSR count). The fourth-order valence-corrected chi connectivity index (χ4v) is 2.26. The van der Waals surface area contributed by atoms with Crippen LogP contribution in [-0.2, 0) is 17.9 Å². The molecule has 0 aliphatic heterocycles. The highest BCUT2D eigenvalue weighted by Crippen LogP contribution is 2.09. The number of nitrogens with one attached hydrogen (secondary N) is 1. The zero-order chi connectivity index (χ0) is 15.9. The lowest BCUT2D eigenvalue weighted by atomic mass is 10.2. The summed E-state index contributed by atoms with van der Waals surface area (Å²) in [6.07, 6.45) is 0. The number of pyridine rings is 2. The van der Waals surface area contributed by atoms with Crippen molar-refractivity contribution in [2.24, 2.45) is 0 Å². The van der Waals surface area contributed by atoms with Gasteiger partial charge in [-0.3, -0.25) is 14.8 Å². The summed E-state index contributed by atoms with van der Waals surface area (Å²) in [6.45, 7) is 5.17. The van der Waals surface area contributed by atoms with Gasteiger partial charge in [0.2, 0.25) is 5.91 Å². The van der Waals surface area contributed by atoms with Crippen LogP contribution in [-0.4, -0.2) is 34.4 Å². The number of hydrogen-bond acceptors (Lipinski definition) is 4. The van der Waals surface area contributed by atoms with Crippen LogP contribution in [0.4, 0.5) is 0 Å². The zero-order valence-corrected chi connectivity index (χ0v) is 17.0. The molecule has 0 atom stereocenters. The Bertz CT molecular complexity index is 608. The molecule has 0 spiro atoms. The molecule has 0 aliphatic rings.